The number of carbonyl (C=O) groups is 1. The van der Waals surface area contributed by atoms with Gasteiger partial charge in [-0.2, -0.15) is 0 Å². The van der Waals surface area contributed by atoms with Crippen LogP contribution >= 0.6 is 0 Å². The second-order valence-corrected chi connectivity index (χ2v) is 11.4. The zero-order valence-corrected chi connectivity index (χ0v) is 25.6. The first-order valence-corrected chi connectivity index (χ1v) is 16.6. The summed E-state index contributed by atoms with van der Waals surface area (Å²) in [6.07, 6.45) is 29.0. The van der Waals surface area contributed by atoms with Gasteiger partial charge in [-0.1, -0.05) is 136 Å². The van der Waals surface area contributed by atoms with Gasteiger partial charge in [-0.3, -0.25) is 4.79 Å². The van der Waals surface area contributed by atoms with Crippen LogP contribution in [0.5, 0.6) is 5.75 Å². The highest BCUT2D eigenvalue weighted by Crippen LogP contribution is 2.29. The molecule has 1 aromatic rings. The summed E-state index contributed by atoms with van der Waals surface area (Å²) in [4.78, 5) is 12.4. The van der Waals surface area contributed by atoms with E-state index in [1.165, 1.54) is 101 Å². The van der Waals surface area contributed by atoms with E-state index in [9.17, 15) is 9.90 Å². The summed E-state index contributed by atoms with van der Waals surface area (Å²) in [5.41, 5.74) is 3.58. The Balaban J connectivity index is 2.09. The fourth-order valence-corrected chi connectivity index (χ4v) is 5.41. The van der Waals surface area contributed by atoms with Gasteiger partial charge in [0.25, 0.3) is 0 Å². The lowest BCUT2D eigenvalue weighted by Crippen LogP contribution is -2.09. The fraction of sp³-hybridized carbons (Fsp3) is 0.800. The maximum Gasteiger partial charge on any atom is 0.306 e. The maximum absolute atomic E-state index is 12.4. The fourth-order valence-electron chi connectivity index (χ4n) is 5.41. The molecule has 0 saturated heterocycles. The minimum Gasteiger partial charge on any atom is -0.508 e. The Morgan fingerprint density at radius 3 is 1.53 bits per heavy atom. The number of hydrogen-bond acceptors (Lipinski definition) is 3. The number of aryl methyl sites for hydroxylation is 1. The Kier molecular flexibility index (Phi) is 22.3. The van der Waals surface area contributed by atoms with Crippen LogP contribution in [0.4, 0.5) is 0 Å². The number of ether oxygens (including phenoxy) is 1. The highest BCUT2D eigenvalue weighted by Gasteiger charge is 2.14. The van der Waals surface area contributed by atoms with E-state index in [1.54, 1.807) is 0 Å². The van der Waals surface area contributed by atoms with Crippen molar-refractivity contribution in [2.75, 3.05) is 6.61 Å². The van der Waals surface area contributed by atoms with Gasteiger partial charge in [-0.25, -0.2) is 0 Å². The number of phenols is 1. The van der Waals surface area contributed by atoms with Crippen molar-refractivity contribution in [1.29, 1.82) is 0 Å². The summed E-state index contributed by atoms with van der Waals surface area (Å²) in [6.45, 7) is 7.22. The number of phenolic OH excluding ortho intramolecular Hbond substituents is 1. The predicted molar refractivity (Wildman–Crippen MR) is 164 cm³/mol. The summed E-state index contributed by atoms with van der Waals surface area (Å²) in [7, 11) is 0. The average Bonchev–Trinajstić information content (AvgIpc) is 2.92. The van der Waals surface area contributed by atoms with Crippen LogP contribution in [0.25, 0.3) is 0 Å². The van der Waals surface area contributed by atoms with Gasteiger partial charge in [-0.15, -0.1) is 0 Å². The number of benzene rings is 1. The molecule has 0 heterocycles. The molecule has 0 fully saturated rings. The first-order chi connectivity index (χ1) is 18.6. The summed E-state index contributed by atoms with van der Waals surface area (Å²) >= 11 is 0. The van der Waals surface area contributed by atoms with Crippen molar-refractivity contribution >= 4 is 5.97 Å². The van der Waals surface area contributed by atoms with Crippen LogP contribution in [0, 0.1) is 0 Å². The van der Waals surface area contributed by atoms with Gasteiger partial charge in [0.15, 0.2) is 0 Å². The van der Waals surface area contributed by atoms with Crippen molar-refractivity contribution in [3.63, 3.8) is 0 Å². The Morgan fingerprint density at radius 2 is 1.03 bits per heavy atom. The average molecular weight is 531 g/mol. The molecule has 0 amide bonds. The summed E-state index contributed by atoms with van der Waals surface area (Å²) in [5.74, 6) is 0.329. The lowest BCUT2D eigenvalue weighted by Gasteiger charge is -2.16. The van der Waals surface area contributed by atoms with Crippen molar-refractivity contribution in [3.05, 3.63) is 28.8 Å². The minimum absolute atomic E-state index is 0.0874. The van der Waals surface area contributed by atoms with E-state index in [2.05, 4.69) is 20.8 Å². The van der Waals surface area contributed by atoms with E-state index < -0.39 is 0 Å². The van der Waals surface area contributed by atoms with Gasteiger partial charge in [0.05, 0.1) is 6.61 Å². The molecule has 1 N–H and O–H groups in total. The van der Waals surface area contributed by atoms with Crippen LogP contribution in [-0.2, 0) is 28.8 Å². The van der Waals surface area contributed by atoms with E-state index in [4.69, 9.17) is 4.74 Å². The standard InChI is InChI=1S/C35H62O3/c1-4-7-10-11-12-13-14-15-16-17-18-19-20-21-22-23-30-38-35(37)29-27-31-26-28-34(36)33(25-9-6-3)32(31)24-8-5-2/h26,28,36H,4-25,27,29-30H2,1-3H3. The first-order valence-electron chi connectivity index (χ1n) is 16.6. The maximum atomic E-state index is 12.4. The van der Waals surface area contributed by atoms with Gasteiger partial charge >= 0.3 is 5.97 Å². The summed E-state index contributed by atoms with van der Waals surface area (Å²) < 4.78 is 5.53. The van der Waals surface area contributed by atoms with Crippen molar-refractivity contribution in [2.24, 2.45) is 0 Å². The third-order valence-electron chi connectivity index (χ3n) is 7.92. The molecule has 1 rings (SSSR count). The molecule has 0 aliphatic rings. The van der Waals surface area contributed by atoms with Crippen LogP contribution in [0.1, 0.15) is 172 Å². The highest BCUT2D eigenvalue weighted by molar-refractivity contribution is 5.69. The Hall–Kier alpha value is -1.51. The number of hydrogen-bond donors (Lipinski definition) is 1. The number of aromatic hydroxyl groups is 1. The molecule has 0 atom stereocenters. The van der Waals surface area contributed by atoms with Crippen molar-refractivity contribution in [2.45, 2.75) is 175 Å². The second-order valence-electron chi connectivity index (χ2n) is 11.4. The molecule has 0 aliphatic heterocycles. The van der Waals surface area contributed by atoms with Gasteiger partial charge in [-0.05, 0) is 61.3 Å². The van der Waals surface area contributed by atoms with E-state index in [0.29, 0.717) is 25.2 Å². The molecular formula is C35H62O3. The number of esters is 1. The van der Waals surface area contributed by atoms with Crippen molar-refractivity contribution in [1.82, 2.24) is 0 Å². The summed E-state index contributed by atoms with van der Waals surface area (Å²) in [5, 5.41) is 10.4. The van der Waals surface area contributed by atoms with Crippen LogP contribution in [0.15, 0.2) is 12.1 Å². The predicted octanol–water partition coefficient (Wildman–Crippen LogP) is 10.8. The topological polar surface area (TPSA) is 46.5 Å². The van der Waals surface area contributed by atoms with Gasteiger partial charge < -0.3 is 9.84 Å². The number of carbonyl (C=O) groups excluding carboxylic acids is 1. The molecule has 0 radical (unpaired) electrons. The van der Waals surface area contributed by atoms with E-state index >= 15 is 0 Å². The Labute approximate surface area is 236 Å². The molecular weight excluding hydrogens is 468 g/mol. The molecule has 0 aliphatic carbocycles. The van der Waals surface area contributed by atoms with Crippen molar-refractivity contribution in [3.8, 4) is 5.75 Å². The minimum atomic E-state index is -0.0874. The van der Waals surface area contributed by atoms with E-state index in [0.717, 1.165) is 56.9 Å². The molecule has 3 nitrogen and oxygen atoms in total. The lowest BCUT2D eigenvalue weighted by atomic mass is 9.90. The third kappa shape index (κ3) is 17.2. The van der Waals surface area contributed by atoms with Crippen LogP contribution in [-0.4, -0.2) is 17.7 Å². The monoisotopic (exact) mass is 530 g/mol. The molecule has 0 aromatic heterocycles. The van der Waals surface area contributed by atoms with Gasteiger partial charge in [0, 0.05) is 6.42 Å². The van der Waals surface area contributed by atoms with Crippen molar-refractivity contribution < 1.29 is 14.6 Å². The number of unbranched alkanes of at least 4 members (excludes halogenated alkanes) is 17. The highest BCUT2D eigenvalue weighted by atomic mass is 16.5. The molecule has 1 aromatic carbocycles. The lowest BCUT2D eigenvalue weighted by molar-refractivity contribution is -0.143. The normalized spacial score (nSPS) is 11.2. The largest absolute Gasteiger partial charge is 0.508 e. The Bertz CT molecular complexity index is 697. The van der Waals surface area contributed by atoms with Gasteiger partial charge in [0.1, 0.15) is 5.75 Å². The van der Waals surface area contributed by atoms with Crippen LogP contribution in [0.2, 0.25) is 0 Å². The van der Waals surface area contributed by atoms with E-state index in [-0.39, 0.29) is 5.97 Å². The zero-order chi connectivity index (χ0) is 27.7. The third-order valence-corrected chi connectivity index (χ3v) is 7.92. The zero-order valence-electron chi connectivity index (χ0n) is 25.6. The first kappa shape index (κ1) is 34.5. The SMILES string of the molecule is CCCCCCCCCCCCCCCCCCOC(=O)CCc1ccc(O)c(CCCC)c1CCCC. The molecule has 220 valence electrons. The quantitative estimate of drug-likeness (QED) is 0.0956. The molecule has 0 spiro atoms. The van der Waals surface area contributed by atoms with Crippen LogP contribution < -0.4 is 0 Å². The summed E-state index contributed by atoms with van der Waals surface area (Å²) in [6, 6.07) is 3.83. The number of rotatable bonds is 26. The molecule has 0 saturated carbocycles. The second kappa shape index (κ2) is 24.5. The molecule has 3 heteroatoms. The molecule has 0 bridgehead atoms. The van der Waals surface area contributed by atoms with Crippen LogP contribution in [0.3, 0.4) is 0 Å². The Morgan fingerprint density at radius 1 is 0.579 bits per heavy atom. The smallest absolute Gasteiger partial charge is 0.306 e. The molecule has 0 unspecified atom stereocenters. The van der Waals surface area contributed by atoms with Gasteiger partial charge in [0.2, 0.25) is 0 Å². The van der Waals surface area contributed by atoms with E-state index in [1.807, 2.05) is 12.1 Å². The molecule has 38 heavy (non-hydrogen) atoms.